The first-order chi connectivity index (χ1) is 14.2. The molecule has 0 aliphatic carbocycles. The summed E-state index contributed by atoms with van der Waals surface area (Å²) in [6.07, 6.45) is 0. The zero-order valence-electron chi connectivity index (χ0n) is 15.0. The van der Waals surface area contributed by atoms with Crippen molar-refractivity contribution in [3.63, 3.8) is 0 Å². The average Bonchev–Trinajstić information content (AvgIpc) is 2.71. The fraction of sp³-hybridized carbons (Fsp3) is 0.0556. The van der Waals surface area contributed by atoms with Crippen LogP contribution in [0.15, 0.2) is 59.4 Å². The monoisotopic (exact) mass is 413 g/mol. The van der Waals surface area contributed by atoms with Crippen molar-refractivity contribution in [2.45, 2.75) is 6.54 Å². The van der Waals surface area contributed by atoms with Crippen LogP contribution in [0.2, 0.25) is 0 Å². The number of anilines is 1. The lowest BCUT2D eigenvalue weighted by Gasteiger charge is -2.08. The van der Waals surface area contributed by atoms with Crippen LogP contribution in [0.25, 0.3) is 11.3 Å². The molecule has 0 fully saturated rings. The number of non-ortho nitro benzene ring substituents is 1. The van der Waals surface area contributed by atoms with Crippen LogP contribution in [-0.4, -0.2) is 25.5 Å². The molecule has 12 heteroatoms. The summed E-state index contributed by atoms with van der Waals surface area (Å²) in [5, 5.41) is 27.9. The molecule has 3 aromatic rings. The van der Waals surface area contributed by atoms with E-state index in [1.165, 1.54) is 36.4 Å². The van der Waals surface area contributed by atoms with E-state index in [2.05, 4.69) is 10.4 Å². The molecule has 0 bridgehead atoms. The number of amides is 1. The number of halogens is 1. The largest absolute Gasteiger partial charge is 0.324 e. The smallest absolute Gasteiger partial charge is 0.306 e. The van der Waals surface area contributed by atoms with Crippen molar-refractivity contribution in [2.75, 3.05) is 5.32 Å². The summed E-state index contributed by atoms with van der Waals surface area (Å²) < 4.78 is 14.3. The van der Waals surface area contributed by atoms with E-state index in [-0.39, 0.29) is 11.4 Å². The van der Waals surface area contributed by atoms with Crippen LogP contribution in [0.3, 0.4) is 0 Å². The quantitative estimate of drug-likeness (QED) is 0.482. The van der Waals surface area contributed by atoms with Crippen LogP contribution in [0.5, 0.6) is 0 Å². The number of hydrogen-bond donors (Lipinski definition) is 1. The molecule has 1 heterocycles. The Labute approximate surface area is 166 Å². The molecule has 0 radical (unpaired) electrons. The van der Waals surface area contributed by atoms with Gasteiger partial charge in [-0.15, -0.1) is 0 Å². The number of nitrogens with zero attached hydrogens (tertiary/aromatic N) is 4. The number of carbonyl (C=O) groups is 1. The standard InChI is InChI=1S/C18H12FN5O6/c19-14-6-3-12(9-16(14)24(29)30)20-17(25)10-22-18(26)8-7-15(21-22)11-1-4-13(5-2-11)23(27)28/h1-9H,10H2,(H,20,25). The highest BCUT2D eigenvalue weighted by molar-refractivity contribution is 5.90. The molecule has 0 saturated heterocycles. The summed E-state index contributed by atoms with van der Waals surface area (Å²) >= 11 is 0. The SMILES string of the molecule is O=C(Cn1nc(-c2ccc([N+](=O)[O-])cc2)ccc1=O)Nc1ccc(F)c([N+](=O)[O-])c1. The third-order valence-corrected chi connectivity index (χ3v) is 3.96. The van der Waals surface area contributed by atoms with Gasteiger partial charge in [-0.05, 0) is 30.3 Å². The van der Waals surface area contributed by atoms with Gasteiger partial charge in [-0.2, -0.15) is 9.49 Å². The third-order valence-electron chi connectivity index (χ3n) is 3.96. The highest BCUT2D eigenvalue weighted by Gasteiger charge is 2.16. The molecule has 0 aliphatic rings. The van der Waals surface area contributed by atoms with Gasteiger partial charge in [0.15, 0.2) is 0 Å². The molecule has 0 unspecified atom stereocenters. The van der Waals surface area contributed by atoms with Gasteiger partial charge in [-0.1, -0.05) is 0 Å². The Morgan fingerprint density at radius 3 is 2.37 bits per heavy atom. The second kappa shape index (κ2) is 8.26. The van der Waals surface area contributed by atoms with Gasteiger partial charge < -0.3 is 5.32 Å². The Morgan fingerprint density at radius 2 is 1.73 bits per heavy atom. The number of nitro benzene ring substituents is 2. The summed E-state index contributed by atoms with van der Waals surface area (Å²) in [5.74, 6) is -1.77. The van der Waals surface area contributed by atoms with E-state index in [4.69, 9.17) is 0 Å². The fourth-order valence-electron chi connectivity index (χ4n) is 2.54. The molecule has 1 N–H and O–H groups in total. The highest BCUT2D eigenvalue weighted by Crippen LogP contribution is 2.22. The van der Waals surface area contributed by atoms with Crippen molar-refractivity contribution < 1.29 is 19.0 Å². The van der Waals surface area contributed by atoms with E-state index in [9.17, 15) is 34.2 Å². The Morgan fingerprint density at radius 1 is 1.03 bits per heavy atom. The molecule has 0 saturated carbocycles. The van der Waals surface area contributed by atoms with E-state index < -0.39 is 39.4 Å². The van der Waals surface area contributed by atoms with Crippen LogP contribution in [0.4, 0.5) is 21.5 Å². The summed E-state index contributed by atoms with van der Waals surface area (Å²) in [6.45, 7) is -0.509. The number of rotatable bonds is 6. The normalized spacial score (nSPS) is 10.4. The van der Waals surface area contributed by atoms with Crippen LogP contribution in [-0.2, 0) is 11.3 Å². The van der Waals surface area contributed by atoms with Crippen molar-refractivity contribution in [2.24, 2.45) is 0 Å². The Balaban J connectivity index is 1.79. The first-order valence-electron chi connectivity index (χ1n) is 8.31. The predicted octanol–water partition coefficient (Wildman–Crippen LogP) is 2.50. The molecule has 152 valence electrons. The number of carbonyl (C=O) groups excluding carboxylic acids is 1. The lowest BCUT2D eigenvalue weighted by Crippen LogP contribution is -2.29. The Bertz CT molecular complexity index is 1210. The molecule has 2 aromatic carbocycles. The maximum absolute atomic E-state index is 13.4. The number of benzene rings is 2. The lowest BCUT2D eigenvalue weighted by atomic mass is 10.1. The van der Waals surface area contributed by atoms with Gasteiger partial charge in [0.2, 0.25) is 11.7 Å². The van der Waals surface area contributed by atoms with E-state index in [0.717, 1.165) is 22.9 Å². The minimum Gasteiger partial charge on any atom is -0.324 e. The van der Waals surface area contributed by atoms with Crippen LogP contribution in [0, 0.1) is 26.0 Å². The number of nitro groups is 2. The first kappa shape index (κ1) is 20.3. The van der Waals surface area contributed by atoms with E-state index in [1.54, 1.807) is 0 Å². The van der Waals surface area contributed by atoms with Crippen molar-refractivity contribution in [3.8, 4) is 11.3 Å². The summed E-state index contributed by atoms with van der Waals surface area (Å²) in [7, 11) is 0. The fourth-order valence-corrected chi connectivity index (χ4v) is 2.54. The Kier molecular flexibility index (Phi) is 5.58. The molecule has 30 heavy (non-hydrogen) atoms. The van der Waals surface area contributed by atoms with Gasteiger partial charge in [-0.25, -0.2) is 4.68 Å². The molecular weight excluding hydrogens is 401 g/mol. The zero-order chi connectivity index (χ0) is 21.8. The van der Waals surface area contributed by atoms with Gasteiger partial charge in [0.25, 0.3) is 11.2 Å². The minimum absolute atomic E-state index is 0.0207. The van der Waals surface area contributed by atoms with Gasteiger partial charge in [-0.3, -0.25) is 29.8 Å². The molecule has 1 amide bonds. The highest BCUT2D eigenvalue weighted by atomic mass is 19.1. The molecule has 0 atom stereocenters. The van der Waals surface area contributed by atoms with Crippen molar-refractivity contribution in [1.82, 2.24) is 9.78 Å². The maximum Gasteiger partial charge on any atom is 0.306 e. The molecule has 1 aromatic heterocycles. The second-order valence-corrected chi connectivity index (χ2v) is 5.99. The van der Waals surface area contributed by atoms with Gasteiger partial charge >= 0.3 is 5.69 Å². The predicted molar refractivity (Wildman–Crippen MR) is 102 cm³/mol. The van der Waals surface area contributed by atoms with Crippen molar-refractivity contribution >= 4 is 23.0 Å². The van der Waals surface area contributed by atoms with E-state index in [0.29, 0.717) is 11.3 Å². The molecule has 3 rings (SSSR count). The third kappa shape index (κ3) is 4.49. The Hall–Kier alpha value is -4.48. The molecular formula is C18H12FN5O6. The van der Waals surface area contributed by atoms with Gasteiger partial charge in [0.1, 0.15) is 6.54 Å². The van der Waals surface area contributed by atoms with Crippen LogP contribution in [0.1, 0.15) is 0 Å². The topological polar surface area (TPSA) is 150 Å². The van der Waals surface area contributed by atoms with Crippen LogP contribution < -0.4 is 10.9 Å². The van der Waals surface area contributed by atoms with E-state index >= 15 is 0 Å². The van der Waals surface area contributed by atoms with Crippen LogP contribution >= 0.6 is 0 Å². The first-order valence-corrected chi connectivity index (χ1v) is 8.31. The summed E-state index contributed by atoms with van der Waals surface area (Å²) in [4.78, 5) is 44.3. The van der Waals surface area contributed by atoms with Crippen molar-refractivity contribution in [1.29, 1.82) is 0 Å². The minimum atomic E-state index is -1.05. The molecule has 11 nitrogen and oxygen atoms in total. The van der Waals surface area contributed by atoms with Crippen molar-refractivity contribution in [3.05, 3.63) is 91.0 Å². The summed E-state index contributed by atoms with van der Waals surface area (Å²) in [6, 6.07) is 10.9. The second-order valence-electron chi connectivity index (χ2n) is 5.99. The number of aromatic nitrogens is 2. The lowest BCUT2D eigenvalue weighted by molar-refractivity contribution is -0.387. The zero-order valence-corrected chi connectivity index (χ0v) is 15.0. The van der Waals surface area contributed by atoms with Gasteiger partial charge in [0.05, 0.1) is 15.5 Å². The molecule has 0 aliphatic heterocycles. The number of nitrogens with one attached hydrogen (secondary N) is 1. The number of hydrogen-bond acceptors (Lipinski definition) is 7. The molecule has 0 spiro atoms. The average molecular weight is 413 g/mol. The van der Waals surface area contributed by atoms with E-state index in [1.807, 2.05) is 0 Å². The summed E-state index contributed by atoms with van der Waals surface area (Å²) in [5.41, 5.74) is -0.727. The van der Waals surface area contributed by atoms with Gasteiger partial charge in [0, 0.05) is 35.5 Å². The maximum atomic E-state index is 13.4.